The lowest BCUT2D eigenvalue weighted by Gasteiger charge is -2.37. The first-order valence-corrected chi connectivity index (χ1v) is 11.0. The fourth-order valence-corrected chi connectivity index (χ4v) is 5.86. The Morgan fingerprint density at radius 1 is 1.08 bits per heavy atom. The third-order valence-corrected chi connectivity index (χ3v) is 7.65. The van der Waals surface area contributed by atoms with Gasteiger partial charge in [-0.05, 0) is 38.3 Å². The van der Waals surface area contributed by atoms with E-state index in [0.717, 1.165) is 31.2 Å². The summed E-state index contributed by atoms with van der Waals surface area (Å²) in [5.74, 6) is -0.483. The molecule has 1 spiro atoms. The monoisotopic (exact) mass is 377 g/mol. The molecule has 2 heterocycles. The van der Waals surface area contributed by atoms with E-state index in [0.29, 0.717) is 24.5 Å². The van der Waals surface area contributed by atoms with Crippen molar-refractivity contribution in [2.45, 2.75) is 68.3 Å². The molecule has 0 aromatic heterocycles. The van der Waals surface area contributed by atoms with Crippen LogP contribution in [0.2, 0.25) is 0 Å². The number of benzene rings is 1. The number of hydrogen-bond acceptors (Lipinski definition) is 4. The lowest BCUT2D eigenvalue weighted by atomic mass is 9.94. The number of aryl methyl sites for hydroxylation is 1. The number of sulfonamides is 1. The van der Waals surface area contributed by atoms with Gasteiger partial charge in [0.15, 0.2) is 5.79 Å². The Hall–Kier alpha value is -1.21. The first kappa shape index (κ1) is 18.2. The lowest BCUT2D eigenvalue weighted by molar-refractivity contribution is -0.191. The van der Waals surface area contributed by atoms with Gasteiger partial charge in [-0.3, -0.25) is 0 Å². The van der Waals surface area contributed by atoms with E-state index in [4.69, 9.17) is 9.47 Å². The highest BCUT2D eigenvalue weighted by Crippen LogP contribution is 2.40. The third-order valence-electron chi connectivity index (χ3n) is 5.75. The van der Waals surface area contributed by atoms with Gasteiger partial charge < -0.3 is 9.47 Å². The normalized spacial score (nSPS) is 29.3. The zero-order valence-electron chi connectivity index (χ0n) is 15.3. The zero-order chi connectivity index (χ0) is 18.2. The van der Waals surface area contributed by atoms with E-state index >= 15 is 0 Å². The van der Waals surface area contributed by atoms with Gasteiger partial charge in [-0.15, -0.1) is 0 Å². The van der Waals surface area contributed by atoms with Crippen molar-refractivity contribution in [3.05, 3.63) is 42.0 Å². The largest absolute Gasteiger partial charge is 0.347 e. The fraction of sp³-hybridized carbons (Fsp3) is 0.600. The Morgan fingerprint density at radius 2 is 1.81 bits per heavy atom. The predicted molar refractivity (Wildman–Crippen MR) is 99.3 cm³/mol. The Morgan fingerprint density at radius 3 is 2.54 bits per heavy atom. The van der Waals surface area contributed by atoms with Gasteiger partial charge in [-0.2, -0.15) is 4.31 Å². The summed E-state index contributed by atoms with van der Waals surface area (Å²) in [6, 6.07) is 6.85. The summed E-state index contributed by atoms with van der Waals surface area (Å²) in [7, 11) is -3.56. The maximum atomic E-state index is 13.2. The molecule has 5 nitrogen and oxygen atoms in total. The second-order valence-corrected chi connectivity index (χ2v) is 9.49. The van der Waals surface area contributed by atoms with Gasteiger partial charge in [0.2, 0.25) is 10.0 Å². The minimum atomic E-state index is -3.56. The minimum Gasteiger partial charge on any atom is -0.347 e. The Bertz CT molecular complexity index is 766. The van der Waals surface area contributed by atoms with Gasteiger partial charge in [-0.25, -0.2) is 8.42 Å². The van der Waals surface area contributed by atoms with E-state index < -0.39 is 15.8 Å². The van der Waals surface area contributed by atoms with Crippen LogP contribution in [0.15, 0.2) is 41.3 Å². The second kappa shape index (κ2) is 7.08. The molecule has 1 aromatic rings. The van der Waals surface area contributed by atoms with Crippen LogP contribution >= 0.6 is 0 Å². The fourth-order valence-electron chi connectivity index (χ4n) is 4.25. The Labute approximate surface area is 156 Å². The van der Waals surface area contributed by atoms with Crippen LogP contribution in [-0.4, -0.2) is 43.8 Å². The van der Waals surface area contributed by atoms with Crippen molar-refractivity contribution in [1.29, 1.82) is 0 Å². The molecule has 0 amide bonds. The average molecular weight is 378 g/mol. The summed E-state index contributed by atoms with van der Waals surface area (Å²) < 4.78 is 40.5. The average Bonchev–Trinajstić information content (AvgIpc) is 3.06. The molecule has 0 unspecified atom stereocenters. The van der Waals surface area contributed by atoms with Crippen LogP contribution in [0.25, 0.3) is 0 Å². The van der Waals surface area contributed by atoms with Crippen LogP contribution in [-0.2, 0) is 19.5 Å². The van der Waals surface area contributed by atoms with Crippen molar-refractivity contribution < 1.29 is 17.9 Å². The Balaban J connectivity index is 1.57. The molecule has 26 heavy (non-hydrogen) atoms. The predicted octanol–water partition coefficient (Wildman–Crippen LogP) is 3.39. The summed E-state index contributed by atoms with van der Waals surface area (Å²) in [5, 5.41) is 0. The molecular formula is C20H27NO4S. The van der Waals surface area contributed by atoms with E-state index in [1.807, 2.05) is 25.1 Å². The van der Waals surface area contributed by atoms with Gasteiger partial charge in [0, 0.05) is 19.4 Å². The molecule has 142 valence electrons. The van der Waals surface area contributed by atoms with Gasteiger partial charge in [0.1, 0.15) is 6.10 Å². The van der Waals surface area contributed by atoms with Crippen molar-refractivity contribution in [2.75, 3.05) is 13.2 Å². The summed E-state index contributed by atoms with van der Waals surface area (Å²) in [6.07, 6.45) is 9.71. The first-order valence-electron chi connectivity index (χ1n) is 9.56. The molecule has 0 radical (unpaired) electrons. The standard InChI is InChI=1S/C20H27NO4S/c1-16-8-10-17(11-9-16)26(22,23)21-14-6-3-7-18(21)19-15-24-20(25-19)12-4-2-5-13-20/h3,6,8-11,18-19H,2,4-5,7,12-15H2,1H3/t18-,19+/m0/s1. The molecule has 1 saturated carbocycles. The maximum absolute atomic E-state index is 13.2. The minimum absolute atomic E-state index is 0.210. The quantitative estimate of drug-likeness (QED) is 0.758. The number of nitrogens with zero attached hydrogens (tertiary/aromatic N) is 1. The highest BCUT2D eigenvalue weighted by molar-refractivity contribution is 7.89. The molecule has 2 fully saturated rings. The van der Waals surface area contributed by atoms with Crippen molar-refractivity contribution in [3.63, 3.8) is 0 Å². The van der Waals surface area contributed by atoms with Crippen LogP contribution in [0.3, 0.4) is 0 Å². The number of hydrogen-bond donors (Lipinski definition) is 0. The summed E-state index contributed by atoms with van der Waals surface area (Å²) in [4.78, 5) is 0.342. The summed E-state index contributed by atoms with van der Waals surface area (Å²) >= 11 is 0. The third kappa shape index (κ3) is 3.36. The van der Waals surface area contributed by atoms with Crippen molar-refractivity contribution in [2.24, 2.45) is 0 Å². The zero-order valence-corrected chi connectivity index (χ0v) is 16.1. The molecule has 1 saturated heterocycles. The van der Waals surface area contributed by atoms with Gasteiger partial charge >= 0.3 is 0 Å². The molecule has 0 bridgehead atoms. The van der Waals surface area contributed by atoms with Crippen molar-refractivity contribution in [1.82, 2.24) is 4.31 Å². The van der Waals surface area contributed by atoms with E-state index in [1.165, 1.54) is 6.42 Å². The van der Waals surface area contributed by atoms with Crippen LogP contribution in [0.1, 0.15) is 44.1 Å². The molecule has 3 aliphatic rings. The first-order chi connectivity index (χ1) is 12.5. The van der Waals surface area contributed by atoms with Crippen molar-refractivity contribution in [3.8, 4) is 0 Å². The van der Waals surface area contributed by atoms with Gasteiger partial charge in [-0.1, -0.05) is 36.3 Å². The smallest absolute Gasteiger partial charge is 0.243 e. The molecule has 0 N–H and O–H groups in total. The SMILES string of the molecule is Cc1ccc(S(=O)(=O)N2CC=CC[C@H]2[C@H]2COC3(CCCCC3)O2)cc1. The van der Waals surface area contributed by atoms with Crippen LogP contribution in [0.5, 0.6) is 0 Å². The number of ether oxygens (including phenoxy) is 2. The molecule has 4 rings (SSSR count). The highest BCUT2D eigenvalue weighted by atomic mass is 32.2. The van der Waals surface area contributed by atoms with E-state index in [9.17, 15) is 8.42 Å². The molecule has 2 atom stereocenters. The molecule has 1 aliphatic carbocycles. The molecule has 1 aromatic carbocycles. The van der Waals surface area contributed by atoms with Gasteiger partial charge in [0.05, 0.1) is 17.5 Å². The van der Waals surface area contributed by atoms with Gasteiger partial charge in [0.25, 0.3) is 0 Å². The highest BCUT2D eigenvalue weighted by Gasteiger charge is 2.47. The topological polar surface area (TPSA) is 55.8 Å². The Kier molecular flexibility index (Phi) is 4.94. The van der Waals surface area contributed by atoms with Crippen LogP contribution in [0.4, 0.5) is 0 Å². The maximum Gasteiger partial charge on any atom is 0.243 e. The molecule has 2 aliphatic heterocycles. The number of rotatable bonds is 3. The summed E-state index contributed by atoms with van der Waals surface area (Å²) in [5.41, 5.74) is 1.05. The van der Waals surface area contributed by atoms with E-state index in [-0.39, 0.29) is 12.1 Å². The van der Waals surface area contributed by atoms with Crippen molar-refractivity contribution >= 4 is 10.0 Å². The molecular weight excluding hydrogens is 350 g/mol. The molecule has 6 heteroatoms. The van der Waals surface area contributed by atoms with E-state index in [1.54, 1.807) is 16.4 Å². The second-order valence-electron chi connectivity index (χ2n) is 7.60. The summed E-state index contributed by atoms with van der Waals surface area (Å²) in [6.45, 7) is 2.81. The van der Waals surface area contributed by atoms with Crippen LogP contribution < -0.4 is 0 Å². The van der Waals surface area contributed by atoms with Crippen LogP contribution in [0, 0.1) is 6.92 Å². The van der Waals surface area contributed by atoms with E-state index in [2.05, 4.69) is 6.08 Å². The lowest BCUT2D eigenvalue weighted by Crippen LogP contribution is -2.49.